The summed E-state index contributed by atoms with van der Waals surface area (Å²) in [4.78, 5) is 42.0. The molecule has 5 rings (SSSR count). The molecule has 1 N–H and O–H groups in total. The maximum atomic E-state index is 13.3. The second-order valence-corrected chi connectivity index (χ2v) is 8.17. The first kappa shape index (κ1) is 20.4. The minimum atomic E-state index is -1.86. The van der Waals surface area contributed by atoms with Crippen LogP contribution < -0.4 is 10.3 Å². The quantitative estimate of drug-likeness (QED) is 0.390. The van der Waals surface area contributed by atoms with Crippen molar-refractivity contribution in [2.45, 2.75) is 52.4 Å². The van der Waals surface area contributed by atoms with Gasteiger partial charge in [-0.15, -0.1) is 0 Å². The van der Waals surface area contributed by atoms with E-state index >= 15 is 0 Å². The minimum absolute atomic E-state index is 0.0888. The minimum Gasteiger partial charge on any atom is -0.458 e. The van der Waals surface area contributed by atoms with Crippen molar-refractivity contribution in [2.24, 2.45) is 0 Å². The molecule has 8 heteroatoms. The Kier molecular flexibility index (Phi) is 4.46. The number of cyclic esters (lactones) is 1. The summed E-state index contributed by atoms with van der Waals surface area (Å²) in [5.74, 6) is -0.755. The third-order valence-electron chi connectivity index (χ3n) is 6.36. The zero-order valence-electron chi connectivity index (χ0n) is 18.0. The van der Waals surface area contributed by atoms with Crippen LogP contribution in [0, 0.1) is 0 Å². The topological polar surface area (TPSA) is 108 Å². The number of rotatable bonds is 3. The maximum absolute atomic E-state index is 13.3. The van der Waals surface area contributed by atoms with Gasteiger partial charge in [0.25, 0.3) is 5.56 Å². The highest BCUT2D eigenvalue weighted by Crippen LogP contribution is 2.40. The van der Waals surface area contributed by atoms with E-state index in [1.165, 1.54) is 6.92 Å². The molecular weight excluding hydrogens is 412 g/mol. The van der Waals surface area contributed by atoms with E-state index in [9.17, 15) is 19.5 Å². The molecule has 0 saturated heterocycles. The second kappa shape index (κ2) is 7.00. The number of aryl methyl sites for hydroxylation is 1. The van der Waals surface area contributed by atoms with Gasteiger partial charge < -0.3 is 19.1 Å². The number of aromatic nitrogens is 2. The predicted octanol–water partition coefficient (Wildman–Crippen LogP) is 2.57. The van der Waals surface area contributed by atoms with Crippen molar-refractivity contribution in [3.8, 4) is 17.1 Å². The van der Waals surface area contributed by atoms with Gasteiger partial charge in [-0.1, -0.05) is 19.9 Å². The normalized spacial score (nSPS) is 18.7. The van der Waals surface area contributed by atoms with E-state index in [-0.39, 0.29) is 36.3 Å². The van der Waals surface area contributed by atoms with Crippen LogP contribution in [0.2, 0.25) is 0 Å². The summed E-state index contributed by atoms with van der Waals surface area (Å²) >= 11 is 0. The first-order chi connectivity index (χ1) is 15.3. The van der Waals surface area contributed by atoms with Gasteiger partial charge in [0.1, 0.15) is 12.4 Å². The molecule has 3 aromatic rings. The number of carbonyl (C=O) groups excluding carboxylic acids is 2. The molecule has 1 aromatic carbocycles. The van der Waals surface area contributed by atoms with E-state index in [1.54, 1.807) is 23.6 Å². The number of fused-ring (bicyclic) bond motifs is 5. The largest absolute Gasteiger partial charge is 0.458 e. The predicted molar refractivity (Wildman–Crippen MR) is 115 cm³/mol. The van der Waals surface area contributed by atoms with Gasteiger partial charge in [-0.25, -0.2) is 9.78 Å². The van der Waals surface area contributed by atoms with Crippen LogP contribution in [-0.4, -0.2) is 26.6 Å². The van der Waals surface area contributed by atoms with Crippen molar-refractivity contribution in [1.29, 1.82) is 0 Å². The number of carbonyl (C=O) groups is 2. The van der Waals surface area contributed by atoms with E-state index < -0.39 is 17.5 Å². The molecule has 0 unspecified atom stereocenters. The van der Waals surface area contributed by atoms with Crippen LogP contribution in [0.5, 0.6) is 5.75 Å². The van der Waals surface area contributed by atoms with Gasteiger partial charge >= 0.3 is 11.9 Å². The Balaban J connectivity index is 1.78. The molecule has 0 amide bonds. The van der Waals surface area contributed by atoms with Gasteiger partial charge in [-0.2, -0.15) is 0 Å². The fourth-order valence-corrected chi connectivity index (χ4v) is 4.63. The lowest BCUT2D eigenvalue weighted by atomic mass is 9.86. The number of aliphatic hydroxyl groups is 1. The fourth-order valence-electron chi connectivity index (χ4n) is 4.63. The van der Waals surface area contributed by atoms with Crippen molar-refractivity contribution in [3.05, 3.63) is 56.9 Å². The average Bonchev–Trinajstić information content (AvgIpc) is 3.13. The smallest absolute Gasteiger partial charge is 0.343 e. The summed E-state index contributed by atoms with van der Waals surface area (Å²) in [6.45, 7) is 5.15. The van der Waals surface area contributed by atoms with E-state index in [0.717, 1.165) is 17.5 Å². The van der Waals surface area contributed by atoms with Crippen molar-refractivity contribution in [1.82, 2.24) is 9.55 Å². The standard InChI is InChI=1S/C24H22N2O6/c1-4-13-6-7-19(32-12(3)27)15-8-14-10-26-18(21(14)25-20(13)15)9-17-16(22(26)28)11-31-23(29)24(17,30)5-2/h6-9,30H,4-5,10-11H2,1-3H3/t24-/m0/s1. The number of pyridine rings is 2. The maximum Gasteiger partial charge on any atom is 0.343 e. The molecule has 2 aromatic heterocycles. The van der Waals surface area contributed by atoms with Crippen molar-refractivity contribution in [2.75, 3.05) is 0 Å². The number of nitrogens with zero attached hydrogens (tertiary/aromatic N) is 2. The molecule has 8 nitrogen and oxygen atoms in total. The molecule has 32 heavy (non-hydrogen) atoms. The lowest BCUT2D eigenvalue weighted by Crippen LogP contribution is -2.44. The molecule has 0 saturated carbocycles. The number of hydrogen-bond donors (Lipinski definition) is 1. The van der Waals surface area contributed by atoms with Crippen molar-refractivity contribution < 1.29 is 24.2 Å². The molecule has 1 atom stereocenters. The van der Waals surface area contributed by atoms with Crippen molar-refractivity contribution >= 4 is 22.8 Å². The number of ether oxygens (including phenoxy) is 2. The number of benzene rings is 1. The SMILES string of the molecule is CCc1ccc(OC(C)=O)c2cc3c(nc12)-c1cc2c(c(=O)n1C3)COC(=O)[C@]2(O)CC. The highest BCUT2D eigenvalue weighted by atomic mass is 16.6. The Morgan fingerprint density at radius 1 is 1.28 bits per heavy atom. The lowest BCUT2D eigenvalue weighted by molar-refractivity contribution is -0.172. The molecule has 4 heterocycles. The summed E-state index contributed by atoms with van der Waals surface area (Å²) < 4.78 is 12.1. The summed E-state index contributed by atoms with van der Waals surface area (Å²) in [7, 11) is 0. The Bertz CT molecular complexity index is 1390. The molecule has 2 aliphatic heterocycles. The monoisotopic (exact) mass is 434 g/mol. The molecule has 0 fully saturated rings. The van der Waals surface area contributed by atoms with E-state index in [0.29, 0.717) is 28.0 Å². The zero-order chi connectivity index (χ0) is 22.8. The lowest BCUT2D eigenvalue weighted by Gasteiger charge is -2.31. The Morgan fingerprint density at radius 2 is 2.06 bits per heavy atom. The number of hydrogen-bond acceptors (Lipinski definition) is 7. The van der Waals surface area contributed by atoms with E-state index in [4.69, 9.17) is 14.5 Å². The molecule has 0 radical (unpaired) electrons. The third-order valence-corrected chi connectivity index (χ3v) is 6.36. The molecule has 2 aliphatic rings. The van der Waals surface area contributed by atoms with Gasteiger partial charge in [0.15, 0.2) is 5.60 Å². The van der Waals surface area contributed by atoms with Gasteiger partial charge in [0, 0.05) is 23.4 Å². The molecule has 0 spiro atoms. The van der Waals surface area contributed by atoms with E-state index in [1.807, 2.05) is 19.1 Å². The molecule has 164 valence electrons. The molecule has 0 bridgehead atoms. The fraction of sp³-hybridized carbons (Fsp3) is 0.333. The molecule has 0 aliphatic carbocycles. The second-order valence-electron chi connectivity index (χ2n) is 8.17. The average molecular weight is 434 g/mol. The third kappa shape index (κ3) is 2.72. The molecular formula is C24H22N2O6. The van der Waals surface area contributed by atoms with Crippen LogP contribution in [0.25, 0.3) is 22.3 Å². The summed E-state index contributed by atoms with van der Waals surface area (Å²) in [5, 5.41) is 11.7. The summed E-state index contributed by atoms with van der Waals surface area (Å²) in [5.41, 5.74) is 2.02. The van der Waals surface area contributed by atoms with Crippen LogP contribution in [0.15, 0.2) is 29.1 Å². The van der Waals surface area contributed by atoms with Crippen LogP contribution in [0.4, 0.5) is 0 Å². The van der Waals surface area contributed by atoms with Crippen LogP contribution in [-0.2, 0) is 39.5 Å². The Hall–Kier alpha value is -3.52. The van der Waals surface area contributed by atoms with Gasteiger partial charge in [0.05, 0.1) is 29.0 Å². The van der Waals surface area contributed by atoms with Crippen LogP contribution in [0.3, 0.4) is 0 Å². The first-order valence-electron chi connectivity index (χ1n) is 10.6. The highest BCUT2D eigenvalue weighted by Gasteiger charge is 2.45. The summed E-state index contributed by atoms with van der Waals surface area (Å²) in [6, 6.07) is 7.22. The van der Waals surface area contributed by atoms with Gasteiger partial charge in [-0.05, 0) is 36.6 Å². The first-order valence-corrected chi connectivity index (χ1v) is 10.6. The van der Waals surface area contributed by atoms with Crippen LogP contribution in [0.1, 0.15) is 49.4 Å². The van der Waals surface area contributed by atoms with E-state index in [2.05, 4.69) is 0 Å². The van der Waals surface area contributed by atoms with Crippen molar-refractivity contribution in [3.63, 3.8) is 0 Å². The van der Waals surface area contributed by atoms with Gasteiger partial charge in [-0.3, -0.25) is 9.59 Å². The van der Waals surface area contributed by atoms with Crippen LogP contribution >= 0.6 is 0 Å². The highest BCUT2D eigenvalue weighted by molar-refractivity contribution is 5.93. The zero-order valence-corrected chi connectivity index (χ0v) is 18.0. The van der Waals surface area contributed by atoms with Gasteiger partial charge in [0.2, 0.25) is 0 Å². The Labute approximate surface area is 183 Å². The number of esters is 2. The Morgan fingerprint density at radius 3 is 2.75 bits per heavy atom. The summed E-state index contributed by atoms with van der Waals surface area (Å²) in [6.07, 6.45) is 0.812.